The van der Waals surface area contributed by atoms with Gasteiger partial charge in [0, 0.05) is 30.0 Å². The molecule has 0 spiro atoms. The number of ether oxygens (including phenoxy) is 2. The lowest BCUT2D eigenvalue weighted by molar-refractivity contribution is -0.122. The van der Waals surface area contributed by atoms with Crippen molar-refractivity contribution in [2.45, 2.75) is 51.0 Å². The van der Waals surface area contributed by atoms with Crippen molar-refractivity contribution >= 4 is 11.7 Å². The van der Waals surface area contributed by atoms with E-state index in [1.54, 1.807) is 12.1 Å². The number of allylic oxidation sites excluding steroid dienone is 2. The molecule has 0 bridgehead atoms. The van der Waals surface area contributed by atoms with Gasteiger partial charge in [0.05, 0.1) is 13.2 Å². The Morgan fingerprint density at radius 1 is 1.00 bits per heavy atom. The Labute approximate surface area is 181 Å². The Balaban J connectivity index is 1.63. The first-order valence-corrected chi connectivity index (χ1v) is 10.5. The lowest BCUT2D eigenvalue weighted by Gasteiger charge is -2.34. The minimum atomic E-state index is -0.339. The van der Waals surface area contributed by atoms with Gasteiger partial charge in [-0.15, -0.1) is 0 Å². The summed E-state index contributed by atoms with van der Waals surface area (Å²) in [5.41, 5.74) is 3.22. The number of benzene rings is 2. The van der Waals surface area contributed by atoms with Crippen molar-refractivity contribution in [3.63, 3.8) is 0 Å². The number of nitrogens with one attached hydrogen (secondary N) is 1. The Bertz CT molecular complexity index is 1040. The summed E-state index contributed by atoms with van der Waals surface area (Å²) < 4.78 is 10.9. The monoisotopic (exact) mass is 421 g/mol. The van der Waals surface area contributed by atoms with Crippen molar-refractivity contribution in [2.24, 2.45) is 0 Å². The van der Waals surface area contributed by atoms with E-state index in [2.05, 4.69) is 5.32 Å². The van der Waals surface area contributed by atoms with Crippen molar-refractivity contribution in [3.05, 3.63) is 64.9 Å². The van der Waals surface area contributed by atoms with E-state index in [0.717, 1.165) is 16.9 Å². The van der Waals surface area contributed by atoms with Gasteiger partial charge in [0.25, 0.3) is 0 Å². The molecule has 0 saturated heterocycles. The van der Waals surface area contributed by atoms with Crippen molar-refractivity contribution in [1.29, 1.82) is 0 Å². The van der Waals surface area contributed by atoms with Crippen LogP contribution in [0.2, 0.25) is 0 Å². The van der Waals surface area contributed by atoms with Gasteiger partial charge in [-0.1, -0.05) is 18.2 Å². The molecular weight excluding hydrogens is 394 g/mol. The number of methoxy groups -OCH3 is 1. The molecule has 0 aromatic heterocycles. The molecule has 1 amide bonds. The normalized spacial score (nSPS) is 21.0. The zero-order valence-electron chi connectivity index (χ0n) is 18.0. The van der Waals surface area contributed by atoms with Crippen LogP contribution in [-0.2, 0) is 9.59 Å². The molecule has 0 radical (unpaired) electrons. The maximum Gasteiger partial charge on any atom is 0.225 e. The number of aromatic hydroxyl groups is 1. The van der Waals surface area contributed by atoms with Crippen LogP contribution in [0.3, 0.4) is 0 Å². The van der Waals surface area contributed by atoms with E-state index in [1.807, 2.05) is 38.1 Å². The molecule has 1 aliphatic heterocycles. The van der Waals surface area contributed by atoms with E-state index >= 15 is 0 Å². The van der Waals surface area contributed by atoms with E-state index in [9.17, 15) is 14.7 Å². The molecular formula is C25H27NO5. The van der Waals surface area contributed by atoms with Crippen molar-refractivity contribution in [1.82, 2.24) is 5.32 Å². The molecule has 162 valence electrons. The number of hydrogen-bond donors (Lipinski definition) is 2. The van der Waals surface area contributed by atoms with Crippen LogP contribution < -0.4 is 14.8 Å². The molecule has 2 aromatic carbocycles. The second-order valence-corrected chi connectivity index (χ2v) is 8.39. The molecule has 0 saturated carbocycles. The quantitative estimate of drug-likeness (QED) is 0.756. The number of phenolic OH excluding ortho intramolecular Hbond substituents is 1. The summed E-state index contributed by atoms with van der Waals surface area (Å²) in [6.45, 7) is 3.96. The Morgan fingerprint density at radius 3 is 2.39 bits per heavy atom. The van der Waals surface area contributed by atoms with Gasteiger partial charge in [-0.2, -0.15) is 0 Å². The number of ketones is 1. The highest BCUT2D eigenvalue weighted by Crippen LogP contribution is 2.44. The molecule has 2 aromatic rings. The van der Waals surface area contributed by atoms with E-state index in [-0.39, 0.29) is 41.8 Å². The van der Waals surface area contributed by atoms with Crippen LogP contribution in [0.4, 0.5) is 0 Å². The summed E-state index contributed by atoms with van der Waals surface area (Å²) in [6.07, 6.45) is 1.29. The first-order chi connectivity index (χ1) is 14.9. The van der Waals surface area contributed by atoms with Gasteiger partial charge < -0.3 is 19.9 Å². The highest BCUT2D eigenvalue weighted by atomic mass is 16.5. The Hall–Kier alpha value is -3.28. The maximum atomic E-state index is 13.2. The van der Waals surface area contributed by atoms with Crippen LogP contribution in [0.1, 0.15) is 56.1 Å². The van der Waals surface area contributed by atoms with E-state index in [1.165, 1.54) is 13.2 Å². The van der Waals surface area contributed by atoms with Gasteiger partial charge >= 0.3 is 0 Å². The third-order valence-electron chi connectivity index (χ3n) is 5.87. The van der Waals surface area contributed by atoms with Gasteiger partial charge in [-0.25, -0.2) is 0 Å². The van der Waals surface area contributed by atoms with Crippen LogP contribution in [-0.4, -0.2) is 30.0 Å². The molecule has 0 unspecified atom stereocenters. The SMILES string of the molecule is COc1cc([C@H]2CC(=O)NC3=C2C(=O)C[C@H](c2ccc(OC(C)C)cc2)C3)ccc1O. The summed E-state index contributed by atoms with van der Waals surface area (Å²) in [4.78, 5) is 25.7. The summed E-state index contributed by atoms with van der Waals surface area (Å²) in [6, 6.07) is 12.8. The molecule has 2 N–H and O–H groups in total. The third kappa shape index (κ3) is 4.29. The molecule has 31 heavy (non-hydrogen) atoms. The number of phenols is 1. The van der Waals surface area contributed by atoms with Crippen LogP contribution >= 0.6 is 0 Å². The van der Waals surface area contributed by atoms with Gasteiger partial charge in [0.15, 0.2) is 17.3 Å². The highest BCUT2D eigenvalue weighted by Gasteiger charge is 2.38. The summed E-state index contributed by atoms with van der Waals surface area (Å²) in [7, 11) is 1.48. The standard InChI is InChI=1S/C25H27NO5/c1-14(2)31-18-7-4-15(5-8-18)17-10-20-25(22(28)11-17)19(13-24(29)26-20)16-6-9-21(27)23(12-16)30-3/h4-9,12,14,17,19,27H,10-11,13H2,1-3H3,(H,26,29)/t17-,19-/m1/s1. The average molecular weight is 421 g/mol. The van der Waals surface area contributed by atoms with Gasteiger partial charge in [-0.3, -0.25) is 9.59 Å². The molecule has 6 nitrogen and oxygen atoms in total. The lowest BCUT2D eigenvalue weighted by atomic mass is 9.73. The number of hydrogen-bond acceptors (Lipinski definition) is 5. The minimum Gasteiger partial charge on any atom is -0.504 e. The first-order valence-electron chi connectivity index (χ1n) is 10.5. The summed E-state index contributed by atoms with van der Waals surface area (Å²) in [5, 5.41) is 12.8. The van der Waals surface area contributed by atoms with Crippen LogP contribution in [0.5, 0.6) is 17.2 Å². The summed E-state index contributed by atoms with van der Waals surface area (Å²) >= 11 is 0. The Kier molecular flexibility index (Phi) is 5.72. The number of amides is 1. The number of carbonyl (C=O) groups excluding carboxylic acids is 2. The van der Waals surface area contributed by atoms with E-state index in [4.69, 9.17) is 9.47 Å². The predicted molar refractivity (Wildman–Crippen MR) is 116 cm³/mol. The highest BCUT2D eigenvalue weighted by molar-refractivity contribution is 6.02. The minimum absolute atomic E-state index is 0.00718. The van der Waals surface area contributed by atoms with Gasteiger partial charge in [-0.05, 0) is 61.6 Å². The largest absolute Gasteiger partial charge is 0.504 e. The molecule has 2 aliphatic rings. The average Bonchev–Trinajstić information content (AvgIpc) is 2.73. The molecule has 2 atom stereocenters. The molecule has 4 rings (SSSR count). The molecule has 6 heteroatoms. The fraction of sp³-hybridized carbons (Fsp3) is 0.360. The van der Waals surface area contributed by atoms with E-state index in [0.29, 0.717) is 29.9 Å². The van der Waals surface area contributed by atoms with Gasteiger partial charge in [0.1, 0.15) is 5.75 Å². The van der Waals surface area contributed by atoms with Crippen molar-refractivity contribution in [3.8, 4) is 17.2 Å². The molecule has 1 heterocycles. The zero-order valence-corrected chi connectivity index (χ0v) is 18.0. The van der Waals surface area contributed by atoms with Crippen LogP contribution in [0.25, 0.3) is 0 Å². The zero-order chi connectivity index (χ0) is 22.1. The third-order valence-corrected chi connectivity index (χ3v) is 5.87. The molecule has 0 fully saturated rings. The van der Waals surface area contributed by atoms with E-state index < -0.39 is 0 Å². The maximum absolute atomic E-state index is 13.2. The van der Waals surface area contributed by atoms with Gasteiger partial charge in [0.2, 0.25) is 5.91 Å². The molecule has 1 aliphatic carbocycles. The predicted octanol–water partition coefficient (Wildman–Crippen LogP) is 4.19. The number of rotatable bonds is 5. The van der Waals surface area contributed by atoms with Crippen LogP contribution in [0, 0.1) is 0 Å². The fourth-order valence-electron chi connectivity index (χ4n) is 4.48. The Morgan fingerprint density at radius 2 is 1.71 bits per heavy atom. The first kappa shape index (κ1) is 21.0. The lowest BCUT2D eigenvalue weighted by Crippen LogP contribution is -2.38. The second-order valence-electron chi connectivity index (χ2n) is 8.39. The fourth-order valence-corrected chi connectivity index (χ4v) is 4.48. The van der Waals surface area contributed by atoms with Crippen LogP contribution in [0.15, 0.2) is 53.7 Å². The number of Topliss-reactive ketones (excluding diaryl/α,β-unsaturated/α-hetero) is 1. The van der Waals surface area contributed by atoms with Crippen molar-refractivity contribution < 1.29 is 24.2 Å². The number of carbonyl (C=O) groups is 2. The summed E-state index contributed by atoms with van der Waals surface area (Å²) in [5.74, 6) is 0.765. The van der Waals surface area contributed by atoms with Crippen molar-refractivity contribution in [2.75, 3.05) is 7.11 Å². The smallest absolute Gasteiger partial charge is 0.225 e. The second kappa shape index (κ2) is 8.46. The topological polar surface area (TPSA) is 84.9 Å².